The van der Waals surface area contributed by atoms with Crippen molar-refractivity contribution in [3.63, 3.8) is 0 Å². The summed E-state index contributed by atoms with van der Waals surface area (Å²) in [7, 11) is 0. The van der Waals surface area contributed by atoms with Crippen LogP contribution < -0.4 is 10.2 Å². The van der Waals surface area contributed by atoms with Gasteiger partial charge in [-0.3, -0.25) is 4.98 Å². The predicted octanol–water partition coefficient (Wildman–Crippen LogP) is 4.55. The number of urea groups is 1. The third-order valence-corrected chi connectivity index (χ3v) is 5.18. The van der Waals surface area contributed by atoms with Crippen molar-refractivity contribution in [2.24, 2.45) is 0 Å². The zero-order chi connectivity index (χ0) is 18.8. The number of rotatable bonds is 2. The molecule has 1 aromatic heterocycles. The molecule has 2 amide bonds. The number of carbonyl (C=O) groups is 1. The fraction of sp³-hybridized carbons (Fsp3) is 0.238. The number of carbonyl (C=O) groups excluding carboxylic acids is 1. The summed E-state index contributed by atoms with van der Waals surface area (Å²) in [5.74, 6) is 0. The van der Waals surface area contributed by atoms with Crippen molar-refractivity contribution in [1.82, 2.24) is 9.88 Å². The second kappa shape index (κ2) is 7.45. The number of hydrogen-bond acceptors (Lipinski definition) is 3. The van der Waals surface area contributed by atoms with E-state index in [1.807, 2.05) is 47.4 Å². The lowest BCUT2D eigenvalue weighted by molar-refractivity contribution is 0.208. The molecule has 0 radical (unpaired) electrons. The summed E-state index contributed by atoms with van der Waals surface area (Å²) in [6.07, 6.45) is 1.74. The van der Waals surface area contributed by atoms with Crippen LogP contribution in [0, 0.1) is 6.92 Å². The molecule has 1 saturated heterocycles. The minimum absolute atomic E-state index is 0.0827. The zero-order valence-corrected chi connectivity index (χ0v) is 15.9. The monoisotopic (exact) mass is 380 g/mol. The number of aromatic nitrogens is 1. The van der Waals surface area contributed by atoms with Gasteiger partial charge in [0.1, 0.15) is 0 Å². The first-order valence-corrected chi connectivity index (χ1v) is 9.40. The second-order valence-corrected chi connectivity index (χ2v) is 7.15. The summed E-state index contributed by atoms with van der Waals surface area (Å²) in [5, 5.41) is 4.78. The van der Waals surface area contributed by atoms with Crippen LogP contribution in [-0.2, 0) is 0 Å². The quantitative estimate of drug-likeness (QED) is 0.709. The largest absolute Gasteiger partial charge is 0.368 e. The highest BCUT2D eigenvalue weighted by Gasteiger charge is 2.22. The van der Waals surface area contributed by atoms with E-state index in [2.05, 4.69) is 28.2 Å². The van der Waals surface area contributed by atoms with Crippen LogP contribution in [0.2, 0.25) is 5.02 Å². The molecule has 2 heterocycles. The number of piperazine rings is 1. The van der Waals surface area contributed by atoms with Gasteiger partial charge in [-0.05, 0) is 42.8 Å². The minimum Gasteiger partial charge on any atom is -0.368 e. The Balaban J connectivity index is 1.43. The molecule has 3 aromatic rings. The molecule has 1 fully saturated rings. The van der Waals surface area contributed by atoms with Crippen molar-refractivity contribution in [3.05, 3.63) is 65.3 Å². The van der Waals surface area contributed by atoms with Crippen molar-refractivity contribution in [1.29, 1.82) is 0 Å². The first-order valence-electron chi connectivity index (χ1n) is 9.02. The number of halogens is 1. The molecule has 0 atom stereocenters. The number of nitrogens with one attached hydrogen (secondary N) is 1. The van der Waals surface area contributed by atoms with Crippen molar-refractivity contribution >= 4 is 39.9 Å². The second-order valence-electron chi connectivity index (χ2n) is 6.72. The van der Waals surface area contributed by atoms with Crippen molar-refractivity contribution in [3.8, 4) is 0 Å². The van der Waals surface area contributed by atoms with Crippen LogP contribution >= 0.6 is 11.6 Å². The number of amides is 2. The highest BCUT2D eigenvalue weighted by molar-refractivity contribution is 6.30. The van der Waals surface area contributed by atoms with Crippen LogP contribution in [0.5, 0.6) is 0 Å². The van der Waals surface area contributed by atoms with Crippen LogP contribution in [0.3, 0.4) is 0 Å². The molecule has 0 saturated carbocycles. The Kier molecular flexibility index (Phi) is 4.86. The van der Waals surface area contributed by atoms with Crippen LogP contribution in [0.1, 0.15) is 5.56 Å². The van der Waals surface area contributed by atoms with Gasteiger partial charge in [-0.2, -0.15) is 0 Å². The number of aryl methyl sites for hydroxylation is 1. The van der Waals surface area contributed by atoms with E-state index in [1.54, 1.807) is 6.20 Å². The number of para-hydroxylation sites is 1. The summed E-state index contributed by atoms with van der Waals surface area (Å²) in [5.41, 5.74) is 3.89. The van der Waals surface area contributed by atoms with E-state index in [0.717, 1.165) is 40.3 Å². The standard InChI is InChI=1S/C21H21ClN4O/c1-15-14-17(22)7-8-19(15)25-10-12-26(13-11-25)21(27)24-18-6-2-4-16-5-3-9-23-20(16)18/h2-9,14H,10-13H2,1H3,(H,24,27). The van der Waals surface area contributed by atoms with Gasteiger partial charge in [0.25, 0.3) is 0 Å². The van der Waals surface area contributed by atoms with Crippen molar-refractivity contribution in [2.75, 3.05) is 36.4 Å². The first kappa shape index (κ1) is 17.6. The highest BCUT2D eigenvalue weighted by atomic mass is 35.5. The van der Waals surface area contributed by atoms with E-state index in [4.69, 9.17) is 11.6 Å². The smallest absolute Gasteiger partial charge is 0.322 e. The third kappa shape index (κ3) is 3.69. The Labute approximate surface area is 163 Å². The molecular weight excluding hydrogens is 360 g/mol. The Bertz CT molecular complexity index is 978. The Morgan fingerprint density at radius 2 is 1.85 bits per heavy atom. The molecule has 0 spiro atoms. The van der Waals surface area contributed by atoms with E-state index < -0.39 is 0 Å². The SMILES string of the molecule is Cc1cc(Cl)ccc1N1CCN(C(=O)Nc2cccc3cccnc23)CC1. The van der Waals surface area contributed by atoms with E-state index in [-0.39, 0.29) is 6.03 Å². The van der Waals surface area contributed by atoms with E-state index in [1.165, 1.54) is 5.69 Å². The van der Waals surface area contributed by atoms with E-state index >= 15 is 0 Å². The van der Waals surface area contributed by atoms with Crippen LogP contribution in [0.15, 0.2) is 54.7 Å². The number of pyridine rings is 1. The van der Waals surface area contributed by atoms with Gasteiger partial charge in [0, 0.05) is 48.5 Å². The molecule has 0 unspecified atom stereocenters. The van der Waals surface area contributed by atoms with E-state index in [9.17, 15) is 4.79 Å². The Morgan fingerprint density at radius 1 is 1.07 bits per heavy atom. The van der Waals surface area contributed by atoms with Gasteiger partial charge in [-0.1, -0.05) is 29.8 Å². The Hall–Kier alpha value is -2.79. The third-order valence-electron chi connectivity index (χ3n) is 4.94. The van der Waals surface area contributed by atoms with Gasteiger partial charge in [0.2, 0.25) is 0 Å². The van der Waals surface area contributed by atoms with Gasteiger partial charge in [0.05, 0.1) is 11.2 Å². The van der Waals surface area contributed by atoms with E-state index in [0.29, 0.717) is 13.1 Å². The molecule has 138 valence electrons. The van der Waals surface area contributed by atoms with Crippen molar-refractivity contribution < 1.29 is 4.79 Å². The van der Waals surface area contributed by atoms with Crippen LogP contribution in [-0.4, -0.2) is 42.1 Å². The normalized spacial score (nSPS) is 14.4. The lowest BCUT2D eigenvalue weighted by atomic mass is 10.1. The van der Waals surface area contributed by atoms with Gasteiger partial charge >= 0.3 is 6.03 Å². The lowest BCUT2D eigenvalue weighted by Crippen LogP contribution is -2.50. The molecule has 0 bridgehead atoms. The van der Waals surface area contributed by atoms with Gasteiger partial charge in [0.15, 0.2) is 0 Å². The van der Waals surface area contributed by atoms with Gasteiger partial charge in [-0.15, -0.1) is 0 Å². The Morgan fingerprint density at radius 3 is 2.63 bits per heavy atom. The average Bonchev–Trinajstić information content (AvgIpc) is 2.68. The summed E-state index contributed by atoms with van der Waals surface area (Å²) in [6, 6.07) is 15.6. The van der Waals surface area contributed by atoms with Crippen molar-refractivity contribution in [2.45, 2.75) is 6.92 Å². The van der Waals surface area contributed by atoms with Gasteiger partial charge < -0.3 is 15.1 Å². The van der Waals surface area contributed by atoms with Crippen LogP contribution in [0.4, 0.5) is 16.2 Å². The molecular formula is C21H21ClN4O. The zero-order valence-electron chi connectivity index (χ0n) is 15.2. The fourth-order valence-corrected chi connectivity index (χ4v) is 3.75. The van der Waals surface area contributed by atoms with Gasteiger partial charge in [-0.25, -0.2) is 4.79 Å². The van der Waals surface area contributed by atoms with Crippen LogP contribution in [0.25, 0.3) is 10.9 Å². The summed E-state index contributed by atoms with van der Waals surface area (Å²) in [4.78, 5) is 21.3. The summed E-state index contributed by atoms with van der Waals surface area (Å²) >= 11 is 6.05. The first-order chi connectivity index (χ1) is 13.1. The topological polar surface area (TPSA) is 48.5 Å². The molecule has 5 nitrogen and oxygen atoms in total. The lowest BCUT2D eigenvalue weighted by Gasteiger charge is -2.36. The molecule has 1 aliphatic rings. The molecule has 4 rings (SSSR count). The molecule has 27 heavy (non-hydrogen) atoms. The molecule has 1 aliphatic heterocycles. The molecule has 2 aromatic carbocycles. The predicted molar refractivity (Wildman–Crippen MR) is 111 cm³/mol. The average molecular weight is 381 g/mol. The number of benzene rings is 2. The maximum atomic E-state index is 12.7. The fourth-order valence-electron chi connectivity index (χ4n) is 3.52. The highest BCUT2D eigenvalue weighted by Crippen LogP contribution is 2.25. The number of hydrogen-bond donors (Lipinski definition) is 1. The summed E-state index contributed by atoms with van der Waals surface area (Å²) < 4.78 is 0. The number of fused-ring (bicyclic) bond motifs is 1. The maximum absolute atomic E-state index is 12.7. The summed E-state index contributed by atoms with van der Waals surface area (Å²) in [6.45, 7) is 5.00. The minimum atomic E-state index is -0.0827. The number of anilines is 2. The number of nitrogens with zero attached hydrogens (tertiary/aromatic N) is 3. The molecule has 0 aliphatic carbocycles. The molecule has 6 heteroatoms. The maximum Gasteiger partial charge on any atom is 0.322 e. The molecule has 1 N–H and O–H groups in total.